The van der Waals surface area contributed by atoms with Gasteiger partial charge in [-0.2, -0.15) is 10.2 Å². The topological polar surface area (TPSA) is 86.8 Å². The van der Waals surface area contributed by atoms with Gasteiger partial charge in [-0.25, -0.2) is 18.7 Å². The summed E-state index contributed by atoms with van der Waals surface area (Å²) in [6, 6.07) is 15.6. The van der Waals surface area contributed by atoms with Crippen molar-refractivity contribution >= 4 is 28.5 Å². The van der Waals surface area contributed by atoms with Crippen LogP contribution in [-0.2, 0) is 0 Å². The van der Waals surface area contributed by atoms with E-state index in [1.165, 1.54) is 22.8 Å². The molecule has 1 aliphatic rings. The number of pyridine rings is 1. The van der Waals surface area contributed by atoms with Crippen LogP contribution < -0.4 is 15.9 Å². The summed E-state index contributed by atoms with van der Waals surface area (Å²) in [5, 5.41) is 13.8. The lowest BCUT2D eigenvalue weighted by Gasteiger charge is -2.35. The van der Waals surface area contributed by atoms with Gasteiger partial charge < -0.3 is 10.2 Å². The van der Waals surface area contributed by atoms with Gasteiger partial charge in [-0.3, -0.25) is 0 Å². The molecule has 37 heavy (non-hydrogen) atoms. The Bertz CT molecular complexity index is 1610. The van der Waals surface area contributed by atoms with Crippen molar-refractivity contribution in [3.8, 4) is 23.0 Å². The first kappa shape index (κ1) is 24.9. The normalized spacial score (nSPS) is 15.8. The van der Waals surface area contributed by atoms with E-state index in [2.05, 4.69) is 22.1 Å². The zero-order valence-electron chi connectivity index (χ0n) is 20.8. The number of hydrogen-bond acceptors (Lipinski definition) is 6. The highest BCUT2D eigenvalue weighted by Crippen LogP contribution is 2.36. The van der Waals surface area contributed by atoms with Crippen molar-refractivity contribution in [1.82, 2.24) is 19.9 Å². The van der Waals surface area contributed by atoms with Crippen molar-refractivity contribution in [3.05, 3.63) is 81.0 Å². The van der Waals surface area contributed by atoms with Gasteiger partial charge in [0.05, 0.1) is 39.0 Å². The minimum atomic E-state index is -0.616. The predicted octanol–water partition coefficient (Wildman–Crippen LogP) is 5.03. The maximum Gasteiger partial charge on any atom is 0.355 e. The number of aromatic nitrogens is 3. The van der Waals surface area contributed by atoms with E-state index in [0.717, 1.165) is 18.7 Å². The highest BCUT2D eigenvalue weighted by atomic mass is 35.5. The molecule has 1 fully saturated rings. The fourth-order valence-corrected chi connectivity index (χ4v) is 5.16. The van der Waals surface area contributed by atoms with Crippen LogP contribution in [0.3, 0.4) is 0 Å². The molecular weight excluding hydrogens is 491 g/mol. The second-order valence-corrected chi connectivity index (χ2v) is 9.88. The van der Waals surface area contributed by atoms with Crippen LogP contribution in [0.25, 0.3) is 28.0 Å². The monoisotopic (exact) mass is 516 g/mol. The quantitative estimate of drug-likeness (QED) is 0.409. The number of nitrogens with one attached hydrogen (secondary N) is 1. The van der Waals surface area contributed by atoms with Gasteiger partial charge in [-0.1, -0.05) is 49.7 Å². The van der Waals surface area contributed by atoms with Crippen LogP contribution in [0.5, 0.6) is 0 Å². The van der Waals surface area contributed by atoms with Crippen LogP contribution in [0.1, 0.15) is 37.8 Å². The molecule has 2 aromatic heterocycles. The molecule has 0 aliphatic carbocycles. The van der Waals surface area contributed by atoms with Gasteiger partial charge in [0, 0.05) is 25.7 Å². The Balaban J connectivity index is 1.91. The van der Waals surface area contributed by atoms with Gasteiger partial charge in [0.25, 0.3) is 0 Å². The molecule has 0 spiro atoms. The number of hydrogen-bond donors (Lipinski definition) is 1. The van der Waals surface area contributed by atoms with Crippen molar-refractivity contribution in [3.63, 3.8) is 0 Å². The van der Waals surface area contributed by atoms with E-state index in [9.17, 15) is 10.1 Å². The van der Waals surface area contributed by atoms with Crippen molar-refractivity contribution < 1.29 is 4.39 Å². The highest BCUT2D eigenvalue weighted by molar-refractivity contribution is 6.34. The van der Waals surface area contributed by atoms with Crippen LogP contribution in [-0.4, -0.2) is 40.2 Å². The summed E-state index contributed by atoms with van der Waals surface area (Å²) < 4.78 is 16.5. The number of para-hydroxylation sites is 1. The molecule has 0 bridgehead atoms. The fraction of sp³-hybridized carbons (Fsp3) is 0.286. The van der Waals surface area contributed by atoms with Gasteiger partial charge >= 0.3 is 5.69 Å². The maximum absolute atomic E-state index is 15.1. The molecule has 0 saturated carbocycles. The van der Waals surface area contributed by atoms with Gasteiger partial charge in [0.1, 0.15) is 11.6 Å². The summed E-state index contributed by atoms with van der Waals surface area (Å²) in [7, 11) is 0. The Kier molecular flexibility index (Phi) is 6.67. The average Bonchev–Trinajstić information content (AvgIpc) is 2.88. The SMILES string of the molecule is CC(C)c1ccccc1-n1c(=O)nc(N2CCNCC2C)c2cc(Cl)c(-c3c(F)cccc3C#N)nc21. The first-order chi connectivity index (χ1) is 17.8. The van der Waals surface area contributed by atoms with Gasteiger partial charge in [0.15, 0.2) is 5.65 Å². The lowest BCUT2D eigenvalue weighted by Crippen LogP contribution is -2.50. The minimum absolute atomic E-state index is 0.00180. The molecular formula is C28H26ClFN6O. The van der Waals surface area contributed by atoms with E-state index in [-0.39, 0.29) is 33.8 Å². The second-order valence-electron chi connectivity index (χ2n) is 9.48. The first-order valence-electron chi connectivity index (χ1n) is 12.2. The summed E-state index contributed by atoms with van der Waals surface area (Å²) in [4.78, 5) is 25.1. The summed E-state index contributed by atoms with van der Waals surface area (Å²) in [5.41, 5.74) is 1.62. The number of benzene rings is 2. The van der Waals surface area contributed by atoms with Crippen molar-refractivity contribution in [1.29, 1.82) is 5.26 Å². The number of nitrogens with zero attached hydrogens (tertiary/aromatic N) is 5. The summed E-state index contributed by atoms with van der Waals surface area (Å²) in [5.74, 6) is -0.00824. The Morgan fingerprint density at radius 1 is 1.19 bits per heavy atom. The highest BCUT2D eigenvalue weighted by Gasteiger charge is 2.27. The predicted molar refractivity (Wildman–Crippen MR) is 144 cm³/mol. The molecule has 2 aromatic carbocycles. The third-order valence-electron chi connectivity index (χ3n) is 6.75. The molecule has 1 saturated heterocycles. The van der Waals surface area contributed by atoms with Gasteiger partial charge in [0.2, 0.25) is 0 Å². The molecule has 3 heterocycles. The molecule has 1 atom stereocenters. The van der Waals surface area contributed by atoms with Crippen LogP contribution in [0.15, 0.2) is 53.3 Å². The number of anilines is 1. The Morgan fingerprint density at radius 2 is 1.97 bits per heavy atom. The maximum atomic E-state index is 15.1. The van der Waals surface area contributed by atoms with Crippen molar-refractivity contribution in [2.24, 2.45) is 0 Å². The molecule has 9 heteroatoms. The number of rotatable bonds is 4. The summed E-state index contributed by atoms with van der Waals surface area (Å²) in [6.07, 6.45) is 0. The molecule has 1 aliphatic heterocycles. The largest absolute Gasteiger partial charge is 0.355 e. The van der Waals surface area contributed by atoms with Crippen LogP contribution in [0.2, 0.25) is 5.02 Å². The van der Waals surface area contributed by atoms with Crippen LogP contribution in [0.4, 0.5) is 10.2 Å². The Labute approximate surface area is 219 Å². The molecule has 1 unspecified atom stereocenters. The smallest absolute Gasteiger partial charge is 0.351 e. The van der Waals surface area contributed by atoms with Crippen LogP contribution in [0, 0.1) is 17.1 Å². The molecule has 0 amide bonds. The van der Waals surface area contributed by atoms with Gasteiger partial charge in [-0.05, 0) is 42.7 Å². The fourth-order valence-electron chi connectivity index (χ4n) is 4.91. The number of nitriles is 1. The third-order valence-corrected chi connectivity index (χ3v) is 7.03. The molecule has 5 rings (SSSR count). The number of halogens is 2. The first-order valence-corrected chi connectivity index (χ1v) is 12.6. The summed E-state index contributed by atoms with van der Waals surface area (Å²) >= 11 is 6.72. The zero-order chi connectivity index (χ0) is 26.3. The van der Waals surface area contributed by atoms with Crippen molar-refractivity contribution in [2.45, 2.75) is 32.7 Å². The van der Waals surface area contributed by atoms with Crippen LogP contribution >= 0.6 is 11.6 Å². The molecule has 1 N–H and O–H groups in total. The van der Waals surface area contributed by atoms with E-state index in [1.807, 2.05) is 44.2 Å². The lowest BCUT2D eigenvalue weighted by atomic mass is 10.0. The molecule has 4 aromatic rings. The zero-order valence-corrected chi connectivity index (χ0v) is 21.6. The number of fused-ring (bicyclic) bond motifs is 1. The third kappa shape index (κ3) is 4.35. The molecule has 0 radical (unpaired) electrons. The lowest BCUT2D eigenvalue weighted by molar-refractivity contribution is 0.497. The van der Waals surface area contributed by atoms with E-state index in [4.69, 9.17) is 16.6 Å². The average molecular weight is 517 g/mol. The molecule has 188 valence electrons. The van der Waals surface area contributed by atoms with E-state index < -0.39 is 11.5 Å². The standard InChI is InChI=1S/C28H26ClFN6O/c1-16(2)19-8-4-5-10-23(19)36-27-20(26(34-28(36)37)35-12-11-32-15-17(35)3)13-21(29)25(33-27)24-18(14-31)7-6-9-22(24)30/h4-10,13,16-17,32H,11-12,15H2,1-3H3. The Hall–Kier alpha value is -3.80. The Morgan fingerprint density at radius 3 is 2.70 bits per heavy atom. The van der Waals surface area contributed by atoms with E-state index in [1.54, 1.807) is 6.07 Å². The molecule has 7 nitrogen and oxygen atoms in total. The van der Waals surface area contributed by atoms with Gasteiger partial charge in [-0.15, -0.1) is 0 Å². The summed E-state index contributed by atoms with van der Waals surface area (Å²) in [6.45, 7) is 8.28. The number of piperazine rings is 1. The van der Waals surface area contributed by atoms with Crippen molar-refractivity contribution in [2.75, 3.05) is 24.5 Å². The van der Waals surface area contributed by atoms with E-state index in [0.29, 0.717) is 29.1 Å². The minimum Gasteiger partial charge on any atom is -0.351 e. The second kappa shape index (κ2) is 9.92. The van der Waals surface area contributed by atoms with E-state index >= 15 is 4.39 Å².